The van der Waals surface area contributed by atoms with E-state index in [0.717, 1.165) is 12.5 Å². The first-order chi connectivity index (χ1) is 7.66. The number of guanidine groups is 1. The van der Waals surface area contributed by atoms with E-state index < -0.39 is 8.56 Å². The zero-order chi connectivity index (χ0) is 14.1. The minimum absolute atomic E-state index is 0.608. The molecule has 0 aromatic heterocycles. The summed E-state index contributed by atoms with van der Waals surface area (Å²) in [7, 11) is 9.37. The van der Waals surface area contributed by atoms with Crippen LogP contribution in [-0.4, -0.2) is 61.4 Å². The molecule has 0 atom stereocenters. The molecule has 0 aliphatic rings. The third-order valence-electron chi connectivity index (χ3n) is 2.48. The van der Waals surface area contributed by atoms with Crippen LogP contribution in [-0.2, 0) is 8.85 Å². The fourth-order valence-corrected chi connectivity index (χ4v) is 2.52. The molecule has 17 heavy (non-hydrogen) atoms. The van der Waals surface area contributed by atoms with E-state index >= 15 is 0 Å². The lowest BCUT2D eigenvalue weighted by Crippen LogP contribution is -2.46. The van der Waals surface area contributed by atoms with Gasteiger partial charge in [-0.15, -0.1) is 0 Å². The van der Waals surface area contributed by atoms with Crippen molar-refractivity contribution in [3.63, 3.8) is 0 Å². The van der Waals surface area contributed by atoms with Crippen LogP contribution in [0.25, 0.3) is 0 Å². The average Bonchev–Trinajstić information content (AvgIpc) is 2.27. The maximum Gasteiger partial charge on any atom is 0.334 e. The van der Waals surface area contributed by atoms with Crippen LogP contribution in [0.2, 0.25) is 12.6 Å². The second-order valence-corrected chi connectivity index (χ2v) is 8.47. The molecule has 0 amide bonds. The molecule has 0 aromatic rings. The quantitative estimate of drug-likeness (QED) is 0.361. The fraction of sp³-hybridized carbons (Fsp3) is 0.909. The molecule has 0 bridgehead atoms. The lowest BCUT2D eigenvalue weighted by Gasteiger charge is -2.21. The molecule has 0 saturated carbocycles. The van der Waals surface area contributed by atoms with Crippen LogP contribution in [0.4, 0.5) is 0 Å². The number of aliphatic imine (C=N–C) groups is 1. The first-order valence-corrected chi connectivity index (χ1v) is 8.33. The van der Waals surface area contributed by atoms with E-state index in [1.54, 1.807) is 21.3 Å². The Hall–Kier alpha value is -0.433. The normalized spacial score (nSPS) is 13.1. The molecule has 0 saturated heterocycles. The zero-order valence-corrected chi connectivity index (χ0v) is 13.7. The molecule has 0 aliphatic heterocycles. The molecule has 5 nitrogen and oxygen atoms in total. The molecule has 0 fully saturated rings. The summed E-state index contributed by atoms with van der Waals surface area (Å²) >= 11 is 0. The van der Waals surface area contributed by atoms with Gasteiger partial charge < -0.3 is 14.6 Å². The predicted octanol–water partition coefficient (Wildman–Crippen LogP) is 1.40. The van der Waals surface area contributed by atoms with Gasteiger partial charge in [-0.05, 0) is 12.6 Å². The monoisotopic (exact) mass is 264 g/mol. The van der Waals surface area contributed by atoms with Gasteiger partial charge in [0.2, 0.25) is 0 Å². The van der Waals surface area contributed by atoms with E-state index in [-0.39, 0.29) is 0 Å². The largest absolute Gasteiger partial charge is 0.398 e. The van der Waals surface area contributed by atoms with E-state index in [1.807, 2.05) is 21.1 Å². The van der Waals surface area contributed by atoms with E-state index in [2.05, 4.69) is 18.5 Å². The van der Waals surface area contributed by atoms with Crippen molar-refractivity contribution >= 4 is 14.5 Å². The minimum atomic E-state index is -1.70. The summed E-state index contributed by atoms with van der Waals surface area (Å²) in [6.45, 7) is 4.22. The second kappa shape index (κ2) is 8.63. The Morgan fingerprint density at radius 2 is 1.65 bits per heavy atom. The Kier molecular flexibility index (Phi) is 9.60. The smallest absolute Gasteiger partial charge is 0.334 e. The van der Waals surface area contributed by atoms with Gasteiger partial charge in [0.05, 0.1) is 21.1 Å². The highest BCUT2D eigenvalue weighted by atomic mass is 28.4. The van der Waals surface area contributed by atoms with Crippen LogP contribution in [0.1, 0.15) is 13.3 Å². The Morgan fingerprint density at radius 3 is 1.71 bits per heavy atom. The summed E-state index contributed by atoms with van der Waals surface area (Å²) in [5, 5.41) is 0. The molecule has 0 unspecified atom stereocenters. The van der Waals surface area contributed by atoms with Crippen molar-refractivity contribution in [2.24, 2.45) is 10.7 Å². The number of rotatable bonds is 4. The van der Waals surface area contributed by atoms with Crippen molar-refractivity contribution in [3.8, 4) is 0 Å². The Balaban J connectivity index is 0. The summed E-state index contributed by atoms with van der Waals surface area (Å²) in [5.41, 5.74) is 5.47. The van der Waals surface area contributed by atoms with Gasteiger partial charge in [0.15, 0.2) is 0 Å². The van der Waals surface area contributed by atoms with Crippen LogP contribution in [0, 0.1) is 0 Å². The van der Waals surface area contributed by atoms with Crippen LogP contribution in [0.3, 0.4) is 0 Å². The minimum Gasteiger partial charge on any atom is -0.398 e. The van der Waals surface area contributed by atoms with Crippen molar-refractivity contribution in [3.05, 3.63) is 0 Å². The van der Waals surface area contributed by atoms with Crippen LogP contribution < -0.4 is 5.73 Å². The third kappa shape index (κ3) is 9.28. The van der Waals surface area contributed by atoms with Crippen molar-refractivity contribution < 1.29 is 13.3 Å². The lowest BCUT2D eigenvalue weighted by atomic mass is 10.6. The molecule has 104 valence electrons. The summed E-state index contributed by atoms with van der Waals surface area (Å²) < 4.78 is 11.1. The van der Waals surface area contributed by atoms with Gasteiger partial charge in [0.25, 0.3) is 5.96 Å². The Bertz CT molecular complexity index is 223. The lowest BCUT2D eigenvalue weighted by molar-refractivity contribution is -0.778. The highest BCUT2D eigenvalue weighted by Crippen LogP contribution is 2.12. The molecule has 0 aromatic carbocycles. The molecule has 0 spiro atoms. The molecule has 0 radical (unpaired) electrons. The maximum atomic E-state index is 5.47. The number of nitrogens with two attached hydrogens (primary N) is 1. The molecule has 0 rings (SSSR count). The fourth-order valence-electron chi connectivity index (χ4n) is 1.04. The Labute approximate surface area is 107 Å². The van der Waals surface area contributed by atoms with E-state index in [1.165, 1.54) is 0 Å². The Morgan fingerprint density at radius 1 is 1.24 bits per heavy atom. The number of quaternary nitrogens is 1. The van der Waals surface area contributed by atoms with E-state index in [9.17, 15) is 0 Å². The van der Waals surface area contributed by atoms with Crippen molar-refractivity contribution in [1.29, 1.82) is 0 Å². The SMILES string of the molecule is CCC[Si](C)(OC)OC.CN=C(N)[N+](C)(C)C. The highest BCUT2D eigenvalue weighted by molar-refractivity contribution is 6.65. The first-order valence-electron chi connectivity index (χ1n) is 5.81. The van der Waals surface area contributed by atoms with Gasteiger partial charge >= 0.3 is 8.56 Å². The summed E-state index contributed by atoms with van der Waals surface area (Å²) in [4.78, 5) is 3.83. The van der Waals surface area contributed by atoms with Gasteiger partial charge in [-0.3, -0.25) is 4.48 Å². The topological polar surface area (TPSA) is 56.8 Å². The molecule has 0 aliphatic carbocycles. The number of hydrogen-bond acceptors (Lipinski definition) is 3. The van der Waals surface area contributed by atoms with Crippen LogP contribution >= 0.6 is 0 Å². The molecule has 0 heterocycles. The van der Waals surface area contributed by atoms with Gasteiger partial charge in [-0.25, -0.2) is 4.99 Å². The maximum absolute atomic E-state index is 5.47. The molecular weight excluding hydrogens is 234 g/mol. The van der Waals surface area contributed by atoms with Crippen molar-refractivity contribution in [2.45, 2.75) is 25.9 Å². The highest BCUT2D eigenvalue weighted by Gasteiger charge is 2.26. The van der Waals surface area contributed by atoms with Gasteiger partial charge in [-0.1, -0.05) is 13.3 Å². The standard InChI is InChI=1S/C6H16O2Si.C5H14N3/c1-5-6-9(4,7-2)8-3;1-7-5(6)8(2,3)4/h5-6H2,1-4H3;1-4H3,(H2,6,7)/q;+1. The average molecular weight is 264 g/mol. The van der Waals surface area contributed by atoms with Gasteiger partial charge in [-0.2, -0.15) is 0 Å². The third-order valence-corrected chi connectivity index (χ3v) is 5.62. The van der Waals surface area contributed by atoms with Crippen LogP contribution in [0.5, 0.6) is 0 Å². The summed E-state index contributed by atoms with van der Waals surface area (Å²) in [5.74, 6) is 0.644. The van der Waals surface area contributed by atoms with E-state index in [0.29, 0.717) is 10.4 Å². The van der Waals surface area contributed by atoms with Crippen molar-refractivity contribution in [2.75, 3.05) is 42.4 Å². The molecular formula is C11H30N3O2Si+. The predicted molar refractivity (Wildman–Crippen MR) is 76.3 cm³/mol. The number of hydrogen-bond donors (Lipinski definition) is 1. The van der Waals surface area contributed by atoms with E-state index in [4.69, 9.17) is 14.6 Å². The first kappa shape index (κ1) is 18.9. The van der Waals surface area contributed by atoms with Crippen LogP contribution in [0.15, 0.2) is 4.99 Å². The molecule has 6 heteroatoms. The zero-order valence-electron chi connectivity index (χ0n) is 12.7. The van der Waals surface area contributed by atoms with Gasteiger partial charge in [0.1, 0.15) is 0 Å². The second-order valence-electron chi connectivity index (χ2n) is 4.89. The summed E-state index contributed by atoms with van der Waals surface area (Å²) in [6.07, 6.45) is 1.14. The van der Waals surface area contributed by atoms with Crippen molar-refractivity contribution in [1.82, 2.24) is 0 Å². The van der Waals surface area contributed by atoms with Gasteiger partial charge in [0, 0.05) is 21.3 Å². The molecule has 2 N–H and O–H groups in total. The summed E-state index contributed by atoms with van der Waals surface area (Å²) in [6, 6.07) is 1.08. The number of nitrogens with zero attached hydrogens (tertiary/aromatic N) is 2.